The molecule has 0 saturated heterocycles. The van der Waals surface area contributed by atoms with Gasteiger partial charge in [0, 0.05) is 12.1 Å². The first kappa shape index (κ1) is 11.9. The van der Waals surface area contributed by atoms with Gasteiger partial charge in [0.25, 0.3) is 0 Å². The summed E-state index contributed by atoms with van der Waals surface area (Å²) >= 11 is 0. The average molecular weight is 172 g/mol. The van der Waals surface area contributed by atoms with Crippen LogP contribution < -0.4 is 5.84 Å². The van der Waals surface area contributed by atoms with Crippen LogP contribution in [0.3, 0.4) is 0 Å². The Morgan fingerprint density at radius 2 is 1.75 bits per heavy atom. The highest BCUT2D eigenvalue weighted by Crippen LogP contribution is 2.14. The van der Waals surface area contributed by atoms with Crippen LogP contribution in [0.25, 0.3) is 0 Å². The van der Waals surface area contributed by atoms with Crippen LogP contribution in [0.5, 0.6) is 0 Å². The first-order valence-electron chi connectivity index (χ1n) is 5.07. The maximum atomic E-state index is 5.94. The number of rotatable bonds is 6. The van der Waals surface area contributed by atoms with Gasteiger partial charge < -0.3 is 0 Å². The molecule has 0 aliphatic heterocycles. The van der Waals surface area contributed by atoms with E-state index < -0.39 is 0 Å². The van der Waals surface area contributed by atoms with Gasteiger partial charge in [-0.3, -0.25) is 5.84 Å². The molecule has 0 unspecified atom stereocenters. The van der Waals surface area contributed by atoms with Gasteiger partial charge in [0.15, 0.2) is 0 Å². The standard InChI is InChI=1S/C10H24N2/c1-5-7-8-9-12(11)10(3,4)6-2/h5-9,11H2,1-4H3. The van der Waals surface area contributed by atoms with E-state index in [9.17, 15) is 0 Å². The van der Waals surface area contributed by atoms with Crippen LogP contribution in [-0.2, 0) is 0 Å². The van der Waals surface area contributed by atoms with Crippen molar-refractivity contribution in [3.8, 4) is 0 Å². The van der Waals surface area contributed by atoms with E-state index in [1.165, 1.54) is 19.3 Å². The first-order chi connectivity index (χ1) is 5.54. The Kier molecular flexibility index (Phi) is 5.51. The van der Waals surface area contributed by atoms with Gasteiger partial charge in [-0.1, -0.05) is 26.7 Å². The van der Waals surface area contributed by atoms with Crippen molar-refractivity contribution >= 4 is 0 Å². The summed E-state index contributed by atoms with van der Waals surface area (Å²) in [7, 11) is 0. The van der Waals surface area contributed by atoms with Crippen LogP contribution in [0.4, 0.5) is 0 Å². The molecule has 0 aliphatic rings. The van der Waals surface area contributed by atoms with Crippen molar-refractivity contribution in [3.63, 3.8) is 0 Å². The van der Waals surface area contributed by atoms with Crippen molar-refractivity contribution in [2.75, 3.05) is 6.54 Å². The zero-order valence-electron chi connectivity index (χ0n) is 9.06. The van der Waals surface area contributed by atoms with E-state index in [1.54, 1.807) is 0 Å². The SMILES string of the molecule is CCCCCN(N)C(C)(C)CC. The molecule has 2 heteroatoms. The minimum absolute atomic E-state index is 0.160. The molecule has 0 saturated carbocycles. The lowest BCUT2D eigenvalue weighted by atomic mass is 10.0. The molecule has 2 N–H and O–H groups in total. The van der Waals surface area contributed by atoms with Crippen molar-refractivity contribution in [1.29, 1.82) is 0 Å². The quantitative estimate of drug-likeness (QED) is 0.379. The first-order valence-corrected chi connectivity index (χ1v) is 5.07. The predicted molar refractivity (Wildman–Crippen MR) is 54.8 cm³/mol. The second-order valence-corrected chi connectivity index (χ2v) is 4.07. The lowest BCUT2D eigenvalue weighted by Crippen LogP contribution is -2.48. The fraction of sp³-hybridized carbons (Fsp3) is 1.00. The predicted octanol–water partition coefficient (Wildman–Crippen LogP) is 2.54. The maximum Gasteiger partial charge on any atom is 0.0293 e. The van der Waals surface area contributed by atoms with Gasteiger partial charge >= 0.3 is 0 Å². The minimum atomic E-state index is 0.160. The summed E-state index contributed by atoms with van der Waals surface area (Å²) in [6.45, 7) is 9.80. The lowest BCUT2D eigenvalue weighted by molar-refractivity contribution is 0.114. The fourth-order valence-electron chi connectivity index (χ4n) is 1.04. The Hall–Kier alpha value is -0.0800. The molecule has 0 aromatic carbocycles. The number of hydrazine groups is 1. The van der Waals surface area contributed by atoms with Crippen LogP contribution in [-0.4, -0.2) is 17.1 Å². The van der Waals surface area contributed by atoms with Crippen LogP contribution in [0, 0.1) is 0 Å². The molecular formula is C10H24N2. The number of hydrogen-bond acceptors (Lipinski definition) is 2. The van der Waals surface area contributed by atoms with Gasteiger partial charge in [-0.05, 0) is 26.7 Å². The highest BCUT2D eigenvalue weighted by Gasteiger charge is 2.20. The van der Waals surface area contributed by atoms with Crippen molar-refractivity contribution in [2.24, 2.45) is 5.84 Å². The third-order valence-electron chi connectivity index (χ3n) is 2.65. The van der Waals surface area contributed by atoms with Gasteiger partial charge in [-0.15, -0.1) is 0 Å². The minimum Gasteiger partial charge on any atom is -0.268 e. The fourth-order valence-corrected chi connectivity index (χ4v) is 1.04. The second kappa shape index (κ2) is 5.55. The summed E-state index contributed by atoms with van der Waals surface area (Å²) in [5.74, 6) is 5.94. The Morgan fingerprint density at radius 1 is 1.17 bits per heavy atom. The molecule has 74 valence electrons. The molecule has 0 rings (SSSR count). The highest BCUT2D eigenvalue weighted by molar-refractivity contribution is 4.75. The molecule has 0 aliphatic carbocycles. The molecule has 0 aromatic rings. The van der Waals surface area contributed by atoms with E-state index in [4.69, 9.17) is 5.84 Å². The zero-order valence-corrected chi connectivity index (χ0v) is 9.06. The van der Waals surface area contributed by atoms with Crippen molar-refractivity contribution in [1.82, 2.24) is 5.01 Å². The normalized spacial score (nSPS) is 12.5. The zero-order chi connectivity index (χ0) is 9.61. The van der Waals surface area contributed by atoms with Crippen LogP contribution >= 0.6 is 0 Å². The molecule has 12 heavy (non-hydrogen) atoms. The number of unbranched alkanes of at least 4 members (excludes halogenated alkanes) is 2. The summed E-state index contributed by atoms with van der Waals surface area (Å²) in [6, 6.07) is 0. The Morgan fingerprint density at radius 3 is 2.17 bits per heavy atom. The van der Waals surface area contributed by atoms with E-state index in [2.05, 4.69) is 27.7 Å². The van der Waals surface area contributed by atoms with Crippen molar-refractivity contribution < 1.29 is 0 Å². The van der Waals surface area contributed by atoms with Gasteiger partial charge in [-0.25, -0.2) is 5.01 Å². The van der Waals surface area contributed by atoms with Crippen LogP contribution in [0.1, 0.15) is 53.4 Å². The van der Waals surface area contributed by atoms with E-state index in [-0.39, 0.29) is 5.54 Å². The summed E-state index contributed by atoms with van der Waals surface area (Å²) in [6.07, 6.45) is 4.87. The van der Waals surface area contributed by atoms with E-state index in [1.807, 2.05) is 5.01 Å². The largest absolute Gasteiger partial charge is 0.268 e. The number of nitrogens with zero attached hydrogens (tertiary/aromatic N) is 1. The molecular weight excluding hydrogens is 148 g/mol. The van der Waals surface area contributed by atoms with Crippen molar-refractivity contribution in [3.05, 3.63) is 0 Å². The van der Waals surface area contributed by atoms with E-state index in [0.717, 1.165) is 13.0 Å². The maximum absolute atomic E-state index is 5.94. The molecule has 0 bridgehead atoms. The third-order valence-corrected chi connectivity index (χ3v) is 2.65. The molecule has 2 nitrogen and oxygen atoms in total. The average Bonchev–Trinajstić information content (AvgIpc) is 2.05. The van der Waals surface area contributed by atoms with Crippen LogP contribution in [0.15, 0.2) is 0 Å². The molecule has 0 spiro atoms. The second-order valence-electron chi connectivity index (χ2n) is 4.07. The van der Waals surface area contributed by atoms with Gasteiger partial charge in [0.05, 0.1) is 0 Å². The monoisotopic (exact) mass is 172 g/mol. The molecule has 0 heterocycles. The van der Waals surface area contributed by atoms with Gasteiger partial charge in [0.2, 0.25) is 0 Å². The number of nitrogens with two attached hydrogens (primary N) is 1. The Balaban J connectivity index is 3.63. The van der Waals surface area contributed by atoms with Gasteiger partial charge in [-0.2, -0.15) is 0 Å². The third kappa shape index (κ3) is 4.07. The Labute approximate surface area is 77.1 Å². The molecule has 0 amide bonds. The Bertz CT molecular complexity index is 110. The summed E-state index contributed by atoms with van der Waals surface area (Å²) in [5.41, 5.74) is 0.160. The molecule has 0 fully saturated rings. The smallest absolute Gasteiger partial charge is 0.0293 e. The lowest BCUT2D eigenvalue weighted by Gasteiger charge is -2.34. The summed E-state index contributed by atoms with van der Waals surface area (Å²) in [4.78, 5) is 0. The summed E-state index contributed by atoms with van der Waals surface area (Å²) in [5, 5.41) is 1.97. The van der Waals surface area contributed by atoms with Crippen LogP contribution in [0.2, 0.25) is 0 Å². The number of hydrogen-bond donors (Lipinski definition) is 1. The molecule has 0 aromatic heterocycles. The molecule has 0 radical (unpaired) electrons. The summed E-state index contributed by atoms with van der Waals surface area (Å²) < 4.78 is 0. The molecule has 0 atom stereocenters. The topological polar surface area (TPSA) is 29.3 Å². The van der Waals surface area contributed by atoms with E-state index >= 15 is 0 Å². The van der Waals surface area contributed by atoms with E-state index in [0.29, 0.717) is 0 Å². The van der Waals surface area contributed by atoms with Gasteiger partial charge in [0.1, 0.15) is 0 Å². The van der Waals surface area contributed by atoms with Crippen molar-refractivity contribution in [2.45, 2.75) is 58.9 Å². The highest BCUT2D eigenvalue weighted by atomic mass is 15.4.